The predicted molar refractivity (Wildman–Crippen MR) is 159 cm³/mol. The molecule has 2 aromatic rings. The van der Waals surface area contributed by atoms with E-state index in [1.165, 1.54) is 145 Å². The molecule has 1 aliphatic rings. The van der Waals surface area contributed by atoms with Crippen LogP contribution in [0.15, 0.2) is 42.6 Å². The third-order valence-electron chi connectivity index (χ3n) is 8.67. The summed E-state index contributed by atoms with van der Waals surface area (Å²) in [5.74, 6) is 1.97. The van der Waals surface area contributed by atoms with Crippen LogP contribution < -0.4 is 0 Å². The van der Waals surface area contributed by atoms with Gasteiger partial charge in [-0.15, -0.1) is 0 Å². The Hall–Kier alpha value is -1.63. The van der Waals surface area contributed by atoms with Crippen molar-refractivity contribution in [2.24, 2.45) is 11.8 Å². The molecule has 0 amide bonds. The van der Waals surface area contributed by atoms with E-state index in [4.69, 9.17) is 4.98 Å². The van der Waals surface area contributed by atoms with Crippen LogP contribution in [0.5, 0.6) is 0 Å². The molecule has 0 aliphatic heterocycles. The second-order valence-electron chi connectivity index (χ2n) is 11.7. The number of aromatic nitrogens is 1. The number of unbranched alkanes of at least 4 members (excludes halogenated alkanes) is 10. The second kappa shape index (κ2) is 17.8. The average molecular weight is 490 g/mol. The third-order valence-corrected chi connectivity index (χ3v) is 8.67. The maximum absolute atomic E-state index is 4.77. The monoisotopic (exact) mass is 489 g/mol. The van der Waals surface area contributed by atoms with Gasteiger partial charge in [-0.05, 0) is 54.7 Å². The number of benzene rings is 1. The van der Waals surface area contributed by atoms with E-state index in [1.54, 1.807) is 0 Å². The molecule has 1 aromatic heterocycles. The van der Waals surface area contributed by atoms with Crippen molar-refractivity contribution in [1.29, 1.82) is 0 Å². The van der Waals surface area contributed by atoms with E-state index in [2.05, 4.69) is 56.4 Å². The molecule has 0 bridgehead atoms. The highest BCUT2D eigenvalue weighted by molar-refractivity contribution is 5.59. The molecule has 0 unspecified atom stereocenters. The average Bonchev–Trinajstić information content (AvgIpc) is 2.93. The Labute approximate surface area is 223 Å². The van der Waals surface area contributed by atoms with Crippen LogP contribution in [0, 0.1) is 11.8 Å². The van der Waals surface area contributed by atoms with Gasteiger partial charge in [-0.1, -0.05) is 147 Å². The van der Waals surface area contributed by atoms with Crippen molar-refractivity contribution in [3.63, 3.8) is 0 Å². The first-order chi connectivity index (χ1) is 17.8. The molecular formula is C35H55N. The first-order valence-corrected chi connectivity index (χ1v) is 15.8. The lowest BCUT2D eigenvalue weighted by molar-refractivity contribution is 0.248. The molecule has 200 valence electrons. The highest BCUT2D eigenvalue weighted by Crippen LogP contribution is 2.34. The molecule has 1 saturated carbocycles. The molecule has 1 heterocycles. The van der Waals surface area contributed by atoms with Crippen LogP contribution in [0.2, 0.25) is 0 Å². The minimum absolute atomic E-state index is 0.950. The Morgan fingerprint density at radius 3 is 1.72 bits per heavy atom. The van der Waals surface area contributed by atoms with Crippen LogP contribution in [0.3, 0.4) is 0 Å². The van der Waals surface area contributed by atoms with Gasteiger partial charge in [-0.2, -0.15) is 0 Å². The number of aryl methyl sites for hydroxylation is 2. The largest absolute Gasteiger partial charge is 0.256 e. The van der Waals surface area contributed by atoms with Crippen molar-refractivity contribution >= 4 is 0 Å². The lowest BCUT2D eigenvalue weighted by Crippen LogP contribution is -2.15. The van der Waals surface area contributed by atoms with Gasteiger partial charge >= 0.3 is 0 Å². The van der Waals surface area contributed by atoms with Crippen molar-refractivity contribution < 1.29 is 0 Å². The molecule has 1 aromatic carbocycles. The summed E-state index contributed by atoms with van der Waals surface area (Å²) in [4.78, 5) is 4.77. The van der Waals surface area contributed by atoms with Crippen LogP contribution in [-0.2, 0) is 12.8 Å². The maximum Gasteiger partial charge on any atom is 0.0702 e. The van der Waals surface area contributed by atoms with E-state index < -0.39 is 0 Å². The number of hydrogen-bond donors (Lipinski definition) is 0. The summed E-state index contributed by atoms with van der Waals surface area (Å²) >= 11 is 0. The summed E-state index contributed by atoms with van der Waals surface area (Å²) in [7, 11) is 0. The summed E-state index contributed by atoms with van der Waals surface area (Å²) in [6.07, 6.45) is 30.0. The van der Waals surface area contributed by atoms with Crippen LogP contribution in [0.25, 0.3) is 11.3 Å². The molecule has 0 atom stereocenters. The molecular weight excluding hydrogens is 434 g/mol. The highest BCUT2D eigenvalue weighted by Gasteiger charge is 2.20. The number of hydrogen-bond acceptors (Lipinski definition) is 1. The maximum atomic E-state index is 4.77. The molecule has 0 spiro atoms. The zero-order valence-electron chi connectivity index (χ0n) is 23.8. The van der Waals surface area contributed by atoms with Crippen LogP contribution in [0.4, 0.5) is 0 Å². The van der Waals surface area contributed by atoms with Crippen molar-refractivity contribution in [3.05, 3.63) is 53.7 Å². The predicted octanol–water partition coefficient (Wildman–Crippen LogP) is 11.1. The van der Waals surface area contributed by atoms with E-state index in [1.807, 2.05) is 0 Å². The molecule has 36 heavy (non-hydrogen) atoms. The summed E-state index contributed by atoms with van der Waals surface area (Å²) in [5.41, 5.74) is 5.23. The van der Waals surface area contributed by atoms with Crippen LogP contribution in [0.1, 0.15) is 141 Å². The Kier molecular flexibility index (Phi) is 14.3. The van der Waals surface area contributed by atoms with Crippen molar-refractivity contribution in [2.45, 2.75) is 142 Å². The minimum Gasteiger partial charge on any atom is -0.256 e. The summed E-state index contributed by atoms with van der Waals surface area (Å²) in [6, 6.07) is 13.7. The van der Waals surface area contributed by atoms with Crippen LogP contribution >= 0.6 is 0 Å². The quantitative estimate of drug-likeness (QED) is 0.190. The van der Waals surface area contributed by atoms with Gasteiger partial charge in [0.15, 0.2) is 0 Å². The zero-order chi connectivity index (χ0) is 25.3. The lowest BCUT2D eigenvalue weighted by atomic mass is 9.77. The van der Waals surface area contributed by atoms with Crippen LogP contribution in [-0.4, -0.2) is 4.98 Å². The standard InChI is InChI=1S/C35H55N/c1-3-5-7-9-11-13-15-30-17-19-31(20-18-30)21-22-32-23-26-34(27-24-32)35-28-25-33(29-36-35)16-14-12-10-8-6-4-2/h23-31H,3-22H2,1-2H3. The molecule has 3 rings (SSSR count). The van der Waals surface area contributed by atoms with E-state index in [0.29, 0.717) is 0 Å². The first-order valence-electron chi connectivity index (χ1n) is 15.8. The highest BCUT2D eigenvalue weighted by atomic mass is 14.7. The fourth-order valence-corrected chi connectivity index (χ4v) is 6.09. The van der Waals surface area contributed by atoms with Crippen molar-refractivity contribution in [1.82, 2.24) is 4.98 Å². The van der Waals surface area contributed by atoms with E-state index >= 15 is 0 Å². The normalized spacial score (nSPS) is 17.9. The Morgan fingerprint density at radius 1 is 0.556 bits per heavy atom. The summed E-state index contributed by atoms with van der Waals surface area (Å²) < 4.78 is 0. The van der Waals surface area contributed by atoms with Gasteiger partial charge in [0.2, 0.25) is 0 Å². The Bertz CT molecular complexity index is 782. The van der Waals surface area contributed by atoms with Gasteiger partial charge in [-0.25, -0.2) is 0 Å². The van der Waals surface area contributed by atoms with Gasteiger partial charge in [0.25, 0.3) is 0 Å². The van der Waals surface area contributed by atoms with Crippen molar-refractivity contribution in [3.8, 4) is 11.3 Å². The fourth-order valence-electron chi connectivity index (χ4n) is 6.09. The number of rotatable bonds is 18. The minimum atomic E-state index is 0.950. The fraction of sp³-hybridized carbons (Fsp3) is 0.686. The van der Waals surface area contributed by atoms with Gasteiger partial charge in [0, 0.05) is 11.8 Å². The van der Waals surface area contributed by atoms with Gasteiger partial charge in [0.05, 0.1) is 5.69 Å². The first kappa shape index (κ1) is 28.9. The smallest absolute Gasteiger partial charge is 0.0702 e. The molecule has 1 nitrogen and oxygen atoms in total. The number of nitrogens with zero attached hydrogens (tertiary/aromatic N) is 1. The summed E-state index contributed by atoms with van der Waals surface area (Å²) in [5, 5.41) is 0. The molecule has 1 heteroatoms. The van der Waals surface area contributed by atoms with Gasteiger partial charge < -0.3 is 0 Å². The van der Waals surface area contributed by atoms with Crippen molar-refractivity contribution in [2.75, 3.05) is 0 Å². The third kappa shape index (κ3) is 11.2. The molecule has 0 N–H and O–H groups in total. The molecule has 1 fully saturated rings. The SMILES string of the molecule is CCCCCCCCc1ccc(-c2ccc(CCC3CCC(CCCCCCCC)CC3)cc2)nc1. The zero-order valence-corrected chi connectivity index (χ0v) is 23.8. The number of pyridine rings is 1. The van der Waals surface area contributed by atoms with E-state index in [-0.39, 0.29) is 0 Å². The molecule has 0 saturated heterocycles. The van der Waals surface area contributed by atoms with Gasteiger partial charge in [0.1, 0.15) is 0 Å². The topological polar surface area (TPSA) is 12.9 Å². The second-order valence-corrected chi connectivity index (χ2v) is 11.7. The molecule has 0 radical (unpaired) electrons. The van der Waals surface area contributed by atoms with E-state index in [0.717, 1.165) is 17.5 Å². The lowest BCUT2D eigenvalue weighted by Gasteiger charge is -2.28. The van der Waals surface area contributed by atoms with E-state index in [9.17, 15) is 0 Å². The Morgan fingerprint density at radius 2 is 1.11 bits per heavy atom. The summed E-state index contributed by atoms with van der Waals surface area (Å²) in [6.45, 7) is 4.59. The van der Waals surface area contributed by atoms with Gasteiger partial charge in [-0.3, -0.25) is 4.98 Å². The Balaban J connectivity index is 1.30. The molecule has 1 aliphatic carbocycles.